The van der Waals surface area contributed by atoms with Gasteiger partial charge in [-0.1, -0.05) is 13.8 Å². The van der Waals surface area contributed by atoms with E-state index in [0.29, 0.717) is 24.8 Å². The zero-order valence-electron chi connectivity index (χ0n) is 13.2. The lowest BCUT2D eigenvalue weighted by molar-refractivity contribution is -0.137. The quantitative estimate of drug-likeness (QED) is 0.607. The third-order valence-electron chi connectivity index (χ3n) is 4.24. The number of carboxylic acid groups (broad SMARTS) is 1. The van der Waals surface area contributed by atoms with Crippen LogP contribution in [0.1, 0.15) is 46.0 Å². The highest BCUT2D eigenvalue weighted by molar-refractivity contribution is 5.74. The number of carbonyl (C=O) groups excluding carboxylic acids is 1. The van der Waals surface area contributed by atoms with Gasteiger partial charge in [-0.25, -0.2) is 4.79 Å². The molecule has 1 fully saturated rings. The predicted molar refractivity (Wildman–Crippen MR) is 80.2 cm³/mol. The van der Waals surface area contributed by atoms with Gasteiger partial charge in [0.2, 0.25) is 0 Å². The van der Waals surface area contributed by atoms with Gasteiger partial charge in [-0.3, -0.25) is 4.79 Å². The molecule has 122 valence electrons. The fraction of sp³-hybridized carbons (Fsp3) is 0.867. The molecule has 1 aliphatic rings. The number of nitrogens with one attached hydrogen (secondary N) is 2. The minimum absolute atomic E-state index is 0.143. The summed E-state index contributed by atoms with van der Waals surface area (Å²) in [5, 5.41) is 14.5. The molecule has 0 aliphatic heterocycles. The van der Waals surface area contributed by atoms with Crippen molar-refractivity contribution in [3.8, 4) is 0 Å². The van der Waals surface area contributed by atoms with Crippen molar-refractivity contribution in [3.63, 3.8) is 0 Å². The lowest BCUT2D eigenvalue weighted by Crippen LogP contribution is -2.50. The number of rotatable bonds is 9. The summed E-state index contributed by atoms with van der Waals surface area (Å²) in [7, 11) is 1.68. The van der Waals surface area contributed by atoms with Gasteiger partial charge >= 0.3 is 12.0 Å². The van der Waals surface area contributed by atoms with Gasteiger partial charge in [-0.15, -0.1) is 0 Å². The summed E-state index contributed by atoms with van der Waals surface area (Å²) in [5.41, 5.74) is 0. The van der Waals surface area contributed by atoms with E-state index in [-0.39, 0.29) is 24.6 Å². The van der Waals surface area contributed by atoms with Crippen LogP contribution in [0.4, 0.5) is 4.79 Å². The van der Waals surface area contributed by atoms with Crippen LogP contribution in [-0.4, -0.2) is 42.9 Å². The van der Waals surface area contributed by atoms with E-state index in [1.807, 2.05) is 0 Å². The lowest BCUT2D eigenvalue weighted by Gasteiger charge is -2.34. The van der Waals surface area contributed by atoms with Gasteiger partial charge in [0.25, 0.3) is 0 Å². The molecule has 1 rings (SSSR count). The van der Waals surface area contributed by atoms with Crippen LogP contribution in [0.5, 0.6) is 0 Å². The Balaban J connectivity index is 2.15. The molecule has 0 aromatic carbocycles. The summed E-state index contributed by atoms with van der Waals surface area (Å²) in [6.07, 6.45) is 3.68. The Morgan fingerprint density at radius 3 is 2.48 bits per heavy atom. The van der Waals surface area contributed by atoms with Gasteiger partial charge in [0.1, 0.15) is 0 Å². The summed E-state index contributed by atoms with van der Waals surface area (Å²) in [6.45, 7) is 4.76. The van der Waals surface area contributed by atoms with E-state index >= 15 is 0 Å². The molecule has 6 nitrogen and oxygen atoms in total. The molecule has 2 amide bonds. The van der Waals surface area contributed by atoms with Crippen LogP contribution in [0.25, 0.3) is 0 Å². The van der Waals surface area contributed by atoms with E-state index < -0.39 is 5.97 Å². The van der Waals surface area contributed by atoms with Crippen molar-refractivity contribution in [2.24, 2.45) is 11.8 Å². The molecule has 0 radical (unpaired) electrons. The second-order valence-corrected chi connectivity index (χ2v) is 6.15. The number of carboxylic acids is 1. The normalized spacial score (nSPS) is 22.5. The number of hydrogen-bond donors (Lipinski definition) is 3. The smallest absolute Gasteiger partial charge is 0.315 e. The number of carbonyl (C=O) groups is 2. The maximum Gasteiger partial charge on any atom is 0.315 e. The van der Waals surface area contributed by atoms with E-state index in [9.17, 15) is 9.59 Å². The zero-order valence-corrected chi connectivity index (χ0v) is 13.2. The van der Waals surface area contributed by atoms with Crippen molar-refractivity contribution in [2.45, 2.75) is 58.1 Å². The highest BCUT2D eigenvalue weighted by Gasteiger charge is 2.30. The molecule has 0 heterocycles. The van der Waals surface area contributed by atoms with Crippen molar-refractivity contribution < 1.29 is 19.4 Å². The first-order valence-electron chi connectivity index (χ1n) is 7.71. The number of aliphatic carboxylic acids is 1. The Kier molecular flexibility index (Phi) is 7.50. The second kappa shape index (κ2) is 8.87. The number of urea groups is 1. The van der Waals surface area contributed by atoms with Crippen LogP contribution in [0, 0.1) is 11.8 Å². The van der Waals surface area contributed by atoms with E-state index in [4.69, 9.17) is 9.84 Å². The van der Waals surface area contributed by atoms with Crippen molar-refractivity contribution in [3.05, 3.63) is 0 Å². The molecule has 1 aliphatic carbocycles. The largest absolute Gasteiger partial charge is 0.481 e. The molecule has 0 aromatic heterocycles. The molecule has 0 aromatic rings. The van der Waals surface area contributed by atoms with Crippen LogP contribution in [0.2, 0.25) is 0 Å². The fourth-order valence-electron chi connectivity index (χ4n) is 2.60. The Morgan fingerprint density at radius 2 is 1.95 bits per heavy atom. The van der Waals surface area contributed by atoms with Crippen LogP contribution >= 0.6 is 0 Å². The van der Waals surface area contributed by atoms with Gasteiger partial charge in [0.15, 0.2) is 0 Å². The topological polar surface area (TPSA) is 87.7 Å². The van der Waals surface area contributed by atoms with Gasteiger partial charge in [0, 0.05) is 26.1 Å². The van der Waals surface area contributed by atoms with Crippen LogP contribution < -0.4 is 10.6 Å². The second-order valence-electron chi connectivity index (χ2n) is 6.15. The molecule has 21 heavy (non-hydrogen) atoms. The minimum atomic E-state index is -0.760. The maximum absolute atomic E-state index is 11.7. The van der Waals surface area contributed by atoms with E-state index in [0.717, 1.165) is 19.3 Å². The third kappa shape index (κ3) is 6.80. The Bertz CT molecular complexity index is 341. The van der Waals surface area contributed by atoms with Crippen LogP contribution in [-0.2, 0) is 9.53 Å². The molecule has 1 unspecified atom stereocenters. The average Bonchev–Trinajstić information content (AvgIpc) is 2.36. The highest BCUT2D eigenvalue weighted by atomic mass is 16.5. The standard InChI is InChI=1S/C15H28N2O4/c1-10(2)11(4-5-14(18)19)6-7-16-15(20)17-12-8-13(9-12)21-3/h10-13H,4-9H2,1-3H3,(H,18,19)(H2,16,17,20). The summed E-state index contributed by atoms with van der Waals surface area (Å²) in [4.78, 5) is 22.3. The Morgan fingerprint density at radius 1 is 1.29 bits per heavy atom. The monoisotopic (exact) mass is 300 g/mol. The molecule has 0 spiro atoms. The van der Waals surface area contributed by atoms with Crippen molar-refractivity contribution in [1.29, 1.82) is 0 Å². The summed E-state index contributed by atoms with van der Waals surface area (Å²) >= 11 is 0. The molecule has 1 saturated carbocycles. The first-order valence-corrected chi connectivity index (χ1v) is 7.71. The minimum Gasteiger partial charge on any atom is -0.481 e. The van der Waals surface area contributed by atoms with E-state index in [2.05, 4.69) is 24.5 Å². The zero-order chi connectivity index (χ0) is 15.8. The average molecular weight is 300 g/mol. The first-order chi connectivity index (χ1) is 9.92. The van der Waals surface area contributed by atoms with E-state index in [1.54, 1.807) is 7.11 Å². The SMILES string of the molecule is COC1CC(NC(=O)NCCC(CCC(=O)O)C(C)C)C1. The molecule has 6 heteroatoms. The van der Waals surface area contributed by atoms with Crippen molar-refractivity contribution in [1.82, 2.24) is 10.6 Å². The first kappa shape index (κ1) is 17.8. The summed E-state index contributed by atoms with van der Waals surface area (Å²) < 4.78 is 5.16. The molecule has 0 bridgehead atoms. The molecular weight excluding hydrogens is 272 g/mol. The van der Waals surface area contributed by atoms with E-state index in [1.165, 1.54) is 0 Å². The molecule has 3 N–H and O–H groups in total. The van der Waals surface area contributed by atoms with Gasteiger partial charge < -0.3 is 20.5 Å². The molecule has 1 atom stereocenters. The number of methoxy groups -OCH3 is 1. The third-order valence-corrected chi connectivity index (χ3v) is 4.24. The maximum atomic E-state index is 11.7. The Labute approximate surface area is 126 Å². The number of hydrogen-bond acceptors (Lipinski definition) is 3. The summed E-state index contributed by atoms with van der Waals surface area (Å²) in [5.74, 6) is -0.0182. The lowest BCUT2D eigenvalue weighted by atomic mass is 9.88. The van der Waals surface area contributed by atoms with Gasteiger partial charge in [-0.2, -0.15) is 0 Å². The molecule has 0 saturated heterocycles. The predicted octanol–water partition coefficient (Wildman–Crippen LogP) is 1.99. The highest BCUT2D eigenvalue weighted by Crippen LogP contribution is 2.22. The van der Waals surface area contributed by atoms with Crippen LogP contribution in [0.15, 0.2) is 0 Å². The fourth-order valence-corrected chi connectivity index (χ4v) is 2.60. The summed E-state index contributed by atoms with van der Waals surface area (Å²) in [6, 6.07) is 0.0677. The molecular formula is C15H28N2O4. The van der Waals surface area contributed by atoms with Gasteiger partial charge in [-0.05, 0) is 37.5 Å². The number of amides is 2. The van der Waals surface area contributed by atoms with Crippen LogP contribution in [0.3, 0.4) is 0 Å². The van der Waals surface area contributed by atoms with Crippen molar-refractivity contribution in [2.75, 3.05) is 13.7 Å². The number of ether oxygens (including phenoxy) is 1. The Hall–Kier alpha value is -1.30. The van der Waals surface area contributed by atoms with Crippen molar-refractivity contribution >= 4 is 12.0 Å². The van der Waals surface area contributed by atoms with Gasteiger partial charge in [0.05, 0.1) is 6.10 Å².